The van der Waals surface area contributed by atoms with Crippen LogP contribution in [-0.2, 0) is 6.18 Å². The number of nitro benzene ring substituents is 1. The highest BCUT2D eigenvalue weighted by Gasteiger charge is 2.31. The van der Waals surface area contributed by atoms with E-state index in [1.54, 1.807) is 30.3 Å². The Morgan fingerprint density at radius 1 is 1.10 bits per heavy atom. The number of alkyl halides is 3. The van der Waals surface area contributed by atoms with Crippen LogP contribution in [0.1, 0.15) is 11.1 Å². The number of rotatable bonds is 5. The SMILES string of the molecule is O=[N+]([O-])c1cc(Br)c(O)c(C=Nc2cc(C(F)(F)F)ccc2Oc2ccccc2)c1. The van der Waals surface area contributed by atoms with Crippen LogP contribution in [0.4, 0.5) is 24.5 Å². The van der Waals surface area contributed by atoms with Crippen LogP contribution in [0, 0.1) is 10.1 Å². The summed E-state index contributed by atoms with van der Waals surface area (Å²) < 4.78 is 45.1. The molecule has 0 amide bonds. The van der Waals surface area contributed by atoms with Crippen LogP contribution in [0.25, 0.3) is 0 Å². The van der Waals surface area contributed by atoms with Gasteiger partial charge in [0.05, 0.1) is 15.0 Å². The van der Waals surface area contributed by atoms with Gasteiger partial charge in [-0.2, -0.15) is 13.2 Å². The fourth-order valence-electron chi connectivity index (χ4n) is 2.44. The highest BCUT2D eigenvalue weighted by atomic mass is 79.9. The van der Waals surface area contributed by atoms with E-state index >= 15 is 0 Å². The summed E-state index contributed by atoms with van der Waals surface area (Å²) in [4.78, 5) is 14.3. The van der Waals surface area contributed by atoms with Crippen molar-refractivity contribution < 1.29 is 27.9 Å². The Kier molecular flexibility index (Phi) is 6.06. The van der Waals surface area contributed by atoms with E-state index in [1.165, 1.54) is 0 Å². The van der Waals surface area contributed by atoms with Crippen LogP contribution >= 0.6 is 15.9 Å². The second-order valence-corrected chi connectivity index (χ2v) is 6.83. The number of benzene rings is 3. The van der Waals surface area contributed by atoms with Gasteiger partial charge in [-0.1, -0.05) is 18.2 Å². The van der Waals surface area contributed by atoms with E-state index in [0.29, 0.717) is 5.75 Å². The molecule has 0 atom stereocenters. The Morgan fingerprint density at radius 3 is 2.43 bits per heavy atom. The van der Waals surface area contributed by atoms with Gasteiger partial charge in [0.15, 0.2) is 5.75 Å². The predicted molar refractivity (Wildman–Crippen MR) is 108 cm³/mol. The smallest absolute Gasteiger partial charge is 0.416 e. The lowest BCUT2D eigenvalue weighted by atomic mass is 10.1. The lowest BCUT2D eigenvalue weighted by molar-refractivity contribution is -0.385. The van der Waals surface area contributed by atoms with Gasteiger partial charge in [-0.15, -0.1) is 0 Å². The van der Waals surface area contributed by atoms with Crippen molar-refractivity contribution in [2.75, 3.05) is 0 Å². The van der Waals surface area contributed by atoms with Crippen molar-refractivity contribution in [2.24, 2.45) is 4.99 Å². The lowest BCUT2D eigenvalue weighted by Crippen LogP contribution is -2.04. The summed E-state index contributed by atoms with van der Waals surface area (Å²) >= 11 is 3.00. The van der Waals surface area contributed by atoms with Crippen LogP contribution in [0.3, 0.4) is 0 Å². The minimum Gasteiger partial charge on any atom is -0.506 e. The molecular weight excluding hydrogens is 469 g/mol. The van der Waals surface area contributed by atoms with Crippen molar-refractivity contribution >= 4 is 33.5 Å². The topological polar surface area (TPSA) is 85.0 Å². The molecule has 0 aliphatic heterocycles. The maximum Gasteiger partial charge on any atom is 0.416 e. The highest BCUT2D eigenvalue weighted by Crippen LogP contribution is 2.39. The van der Waals surface area contributed by atoms with Gasteiger partial charge in [-0.25, -0.2) is 0 Å². The second-order valence-electron chi connectivity index (χ2n) is 5.98. The minimum absolute atomic E-state index is 0.0365. The summed E-state index contributed by atoms with van der Waals surface area (Å²) in [7, 11) is 0. The summed E-state index contributed by atoms with van der Waals surface area (Å²) in [5.41, 5.74) is -1.50. The first-order chi connectivity index (χ1) is 14.1. The van der Waals surface area contributed by atoms with Gasteiger partial charge >= 0.3 is 6.18 Å². The number of ether oxygens (including phenoxy) is 1. The van der Waals surface area contributed by atoms with Crippen molar-refractivity contribution in [3.8, 4) is 17.2 Å². The molecule has 0 saturated heterocycles. The molecule has 0 heterocycles. The molecule has 30 heavy (non-hydrogen) atoms. The molecule has 3 aromatic carbocycles. The molecule has 0 radical (unpaired) electrons. The molecule has 10 heteroatoms. The monoisotopic (exact) mass is 480 g/mol. The Bertz CT molecular complexity index is 1120. The molecule has 0 saturated carbocycles. The number of phenolic OH excluding ortho intramolecular Hbond substituents is 1. The number of hydrogen-bond acceptors (Lipinski definition) is 5. The van der Waals surface area contributed by atoms with E-state index in [4.69, 9.17) is 4.74 Å². The zero-order chi connectivity index (χ0) is 21.9. The van der Waals surface area contributed by atoms with Crippen molar-refractivity contribution in [3.63, 3.8) is 0 Å². The molecule has 0 aromatic heterocycles. The molecule has 6 nitrogen and oxygen atoms in total. The van der Waals surface area contributed by atoms with Gasteiger partial charge in [0.25, 0.3) is 5.69 Å². The average molecular weight is 481 g/mol. The van der Waals surface area contributed by atoms with Gasteiger partial charge in [-0.3, -0.25) is 15.1 Å². The van der Waals surface area contributed by atoms with Crippen molar-refractivity contribution in [1.29, 1.82) is 0 Å². The highest BCUT2D eigenvalue weighted by molar-refractivity contribution is 9.10. The van der Waals surface area contributed by atoms with Crippen LogP contribution in [0.2, 0.25) is 0 Å². The fraction of sp³-hybridized carbons (Fsp3) is 0.0500. The maximum absolute atomic E-state index is 13.1. The van der Waals surface area contributed by atoms with E-state index < -0.39 is 16.7 Å². The van der Waals surface area contributed by atoms with E-state index in [1.807, 2.05) is 0 Å². The minimum atomic E-state index is -4.60. The fourth-order valence-corrected chi connectivity index (χ4v) is 2.91. The van der Waals surface area contributed by atoms with Gasteiger partial charge in [0, 0.05) is 23.9 Å². The van der Waals surface area contributed by atoms with E-state index in [-0.39, 0.29) is 32.9 Å². The van der Waals surface area contributed by atoms with Gasteiger partial charge < -0.3 is 9.84 Å². The molecule has 3 rings (SSSR count). The summed E-state index contributed by atoms with van der Waals surface area (Å²) in [6.07, 6.45) is -3.58. The van der Waals surface area contributed by atoms with Crippen LogP contribution in [-0.4, -0.2) is 16.2 Å². The number of hydrogen-bond donors (Lipinski definition) is 1. The Balaban J connectivity index is 2.06. The average Bonchev–Trinajstić information content (AvgIpc) is 2.69. The largest absolute Gasteiger partial charge is 0.506 e. The Hall–Kier alpha value is -3.40. The standard InChI is InChI=1S/C20H12BrF3N2O4/c21-16-10-14(26(28)29)8-12(19(16)27)11-25-17-9-13(20(22,23)24)6-7-18(17)30-15-4-2-1-3-5-15/h1-11,27H. The van der Waals surface area contributed by atoms with Crippen molar-refractivity contribution in [2.45, 2.75) is 6.18 Å². The second kappa shape index (κ2) is 8.54. The van der Waals surface area contributed by atoms with E-state index in [2.05, 4.69) is 20.9 Å². The molecule has 3 aromatic rings. The van der Waals surface area contributed by atoms with Gasteiger partial charge in [0.2, 0.25) is 0 Å². The normalized spacial score (nSPS) is 11.6. The first-order valence-electron chi connectivity index (χ1n) is 8.30. The van der Waals surface area contributed by atoms with E-state index in [9.17, 15) is 28.4 Å². The van der Waals surface area contributed by atoms with Gasteiger partial charge in [0.1, 0.15) is 17.2 Å². The van der Waals surface area contributed by atoms with Crippen molar-refractivity contribution in [3.05, 3.63) is 86.4 Å². The number of aliphatic imine (C=N–C) groups is 1. The molecule has 0 unspecified atom stereocenters. The third kappa shape index (κ3) is 4.95. The first-order valence-corrected chi connectivity index (χ1v) is 9.09. The summed E-state index contributed by atoms with van der Waals surface area (Å²) in [6.45, 7) is 0. The summed E-state index contributed by atoms with van der Waals surface area (Å²) in [6, 6.07) is 13.3. The number of nitrogens with zero attached hydrogens (tertiary/aromatic N) is 2. The Labute approximate surface area is 176 Å². The molecule has 0 spiro atoms. The third-order valence-electron chi connectivity index (χ3n) is 3.89. The lowest BCUT2D eigenvalue weighted by Gasteiger charge is -2.12. The zero-order valence-electron chi connectivity index (χ0n) is 14.9. The molecule has 1 N–H and O–H groups in total. The van der Waals surface area contributed by atoms with Crippen LogP contribution in [0.15, 0.2) is 70.1 Å². The number of nitro groups is 1. The summed E-state index contributed by atoms with van der Waals surface area (Å²) in [5.74, 6) is 0.0749. The number of phenols is 1. The summed E-state index contributed by atoms with van der Waals surface area (Å²) in [5, 5.41) is 21.1. The third-order valence-corrected chi connectivity index (χ3v) is 4.49. The van der Waals surface area contributed by atoms with Crippen molar-refractivity contribution in [1.82, 2.24) is 0 Å². The number of non-ortho nitro benzene ring substituents is 1. The molecule has 0 aliphatic carbocycles. The maximum atomic E-state index is 13.1. The number of para-hydroxylation sites is 1. The molecule has 154 valence electrons. The number of halogens is 4. The van der Waals surface area contributed by atoms with Crippen LogP contribution in [0.5, 0.6) is 17.2 Å². The van der Waals surface area contributed by atoms with Crippen LogP contribution < -0.4 is 4.74 Å². The molecular formula is C20H12BrF3N2O4. The molecule has 0 aliphatic rings. The Morgan fingerprint density at radius 2 is 1.80 bits per heavy atom. The predicted octanol–water partition coefficient (Wildman–Crippen LogP) is 6.62. The molecule has 0 bridgehead atoms. The van der Waals surface area contributed by atoms with Gasteiger partial charge in [-0.05, 0) is 46.3 Å². The quantitative estimate of drug-likeness (QED) is 0.252. The van der Waals surface area contributed by atoms with E-state index in [0.717, 1.165) is 36.5 Å². The number of aromatic hydroxyl groups is 1. The first kappa shape index (κ1) is 21.3. The molecule has 0 fully saturated rings. The zero-order valence-corrected chi connectivity index (χ0v) is 16.5.